The Morgan fingerprint density at radius 2 is 1.58 bits per heavy atom. The molecule has 0 fully saturated rings. The molecule has 3 rings (SSSR count). The standard InChI is InChI=1S/C17H16FN3O2S/c1-10-8-13(18)4-7-17(10)24(22,23)21-14-5-6-15-16(9-14)20-12(3)11(2)19-15/h4-9,21H,1-3H3. The molecule has 124 valence electrons. The molecule has 0 bridgehead atoms. The molecule has 2 aromatic carbocycles. The van der Waals surface area contributed by atoms with Crippen LogP contribution in [0.3, 0.4) is 0 Å². The summed E-state index contributed by atoms with van der Waals surface area (Å²) in [5, 5.41) is 0. The third kappa shape index (κ3) is 3.07. The van der Waals surface area contributed by atoms with Crippen molar-refractivity contribution in [2.45, 2.75) is 25.7 Å². The summed E-state index contributed by atoms with van der Waals surface area (Å²) < 4.78 is 40.7. The van der Waals surface area contributed by atoms with Gasteiger partial charge in [-0.15, -0.1) is 0 Å². The molecule has 0 atom stereocenters. The van der Waals surface area contributed by atoms with Crippen molar-refractivity contribution in [3.63, 3.8) is 0 Å². The fourth-order valence-corrected chi connectivity index (χ4v) is 3.70. The van der Waals surface area contributed by atoms with Crippen LogP contribution >= 0.6 is 0 Å². The molecule has 0 aliphatic rings. The first-order valence-corrected chi connectivity index (χ1v) is 8.78. The number of benzene rings is 2. The number of anilines is 1. The van der Waals surface area contributed by atoms with E-state index >= 15 is 0 Å². The van der Waals surface area contributed by atoms with Gasteiger partial charge in [-0.25, -0.2) is 22.8 Å². The molecule has 0 aliphatic carbocycles. The van der Waals surface area contributed by atoms with Crippen LogP contribution in [0.25, 0.3) is 11.0 Å². The number of halogens is 1. The predicted octanol–water partition coefficient (Wildman–Crippen LogP) is 3.49. The second-order valence-corrected chi connectivity index (χ2v) is 7.26. The van der Waals surface area contributed by atoms with E-state index in [-0.39, 0.29) is 4.90 Å². The summed E-state index contributed by atoms with van der Waals surface area (Å²) in [6, 6.07) is 8.53. The Hall–Kier alpha value is -2.54. The molecular weight excluding hydrogens is 329 g/mol. The van der Waals surface area contributed by atoms with Gasteiger partial charge < -0.3 is 0 Å². The Bertz CT molecular complexity index is 1050. The SMILES string of the molecule is Cc1cc(F)ccc1S(=O)(=O)Nc1ccc2nc(C)c(C)nc2c1. The van der Waals surface area contributed by atoms with Gasteiger partial charge >= 0.3 is 0 Å². The van der Waals surface area contributed by atoms with E-state index in [0.717, 1.165) is 17.5 Å². The molecule has 1 aromatic heterocycles. The minimum absolute atomic E-state index is 0.0372. The minimum Gasteiger partial charge on any atom is -0.280 e. The highest BCUT2D eigenvalue weighted by molar-refractivity contribution is 7.92. The van der Waals surface area contributed by atoms with Crippen LogP contribution in [-0.2, 0) is 10.0 Å². The summed E-state index contributed by atoms with van der Waals surface area (Å²) in [7, 11) is -3.81. The molecule has 1 heterocycles. The van der Waals surface area contributed by atoms with Gasteiger partial charge in [0.05, 0.1) is 33.0 Å². The van der Waals surface area contributed by atoms with Gasteiger partial charge in [-0.05, 0) is 62.7 Å². The minimum atomic E-state index is -3.81. The molecule has 5 nitrogen and oxygen atoms in total. The maximum Gasteiger partial charge on any atom is 0.262 e. The van der Waals surface area contributed by atoms with Crippen molar-refractivity contribution in [1.82, 2.24) is 9.97 Å². The average molecular weight is 345 g/mol. The quantitative estimate of drug-likeness (QED) is 0.789. The Kier molecular flexibility index (Phi) is 3.96. The zero-order valence-electron chi connectivity index (χ0n) is 13.5. The average Bonchev–Trinajstić information content (AvgIpc) is 2.48. The van der Waals surface area contributed by atoms with E-state index in [4.69, 9.17) is 0 Å². The lowest BCUT2D eigenvalue weighted by molar-refractivity contribution is 0.598. The summed E-state index contributed by atoms with van der Waals surface area (Å²) in [6.07, 6.45) is 0. The van der Waals surface area contributed by atoms with Crippen LogP contribution in [0.5, 0.6) is 0 Å². The maximum absolute atomic E-state index is 13.2. The summed E-state index contributed by atoms with van der Waals surface area (Å²) in [5.74, 6) is -0.474. The van der Waals surface area contributed by atoms with Gasteiger partial charge in [0.1, 0.15) is 5.82 Å². The van der Waals surface area contributed by atoms with Crippen molar-refractivity contribution >= 4 is 26.7 Å². The van der Waals surface area contributed by atoms with Gasteiger partial charge in [-0.3, -0.25) is 4.72 Å². The summed E-state index contributed by atoms with van der Waals surface area (Å²) in [4.78, 5) is 8.87. The predicted molar refractivity (Wildman–Crippen MR) is 91.0 cm³/mol. The Morgan fingerprint density at radius 1 is 0.917 bits per heavy atom. The highest BCUT2D eigenvalue weighted by atomic mass is 32.2. The van der Waals surface area contributed by atoms with Gasteiger partial charge in [-0.1, -0.05) is 0 Å². The molecule has 0 saturated carbocycles. The van der Waals surface area contributed by atoms with Crippen LogP contribution in [0, 0.1) is 26.6 Å². The number of nitrogens with one attached hydrogen (secondary N) is 1. The number of fused-ring (bicyclic) bond motifs is 1. The molecule has 0 saturated heterocycles. The Morgan fingerprint density at radius 3 is 2.25 bits per heavy atom. The molecule has 0 aliphatic heterocycles. The van der Waals surface area contributed by atoms with Crippen LogP contribution in [-0.4, -0.2) is 18.4 Å². The third-order valence-electron chi connectivity index (χ3n) is 3.75. The monoisotopic (exact) mass is 345 g/mol. The highest BCUT2D eigenvalue weighted by Crippen LogP contribution is 2.22. The number of rotatable bonds is 3. The second kappa shape index (κ2) is 5.83. The fourth-order valence-electron chi connectivity index (χ4n) is 2.42. The van der Waals surface area contributed by atoms with Crippen LogP contribution in [0.1, 0.15) is 17.0 Å². The Balaban J connectivity index is 2.00. The van der Waals surface area contributed by atoms with E-state index in [0.29, 0.717) is 22.3 Å². The molecule has 24 heavy (non-hydrogen) atoms. The van der Waals surface area contributed by atoms with E-state index in [1.165, 1.54) is 12.1 Å². The maximum atomic E-state index is 13.2. The Labute approximate surface area is 139 Å². The number of hydrogen-bond acceptors (Lipinski definition) is 4. The number of aryl methyl sites for hydroxylation is 3. The van der Waals surface area contributed by atoms with Gasteiger partial charge in [0.25, 0.3) is 10.0 Å². The van der Waals surface area contributed by atoms with E-state index in [9.17, 15) is 12.8 Å². The van der Waals surface area contributed by atoms with Gasteiger partial charge in [0, 0.05) is 0 Å². The molecule has 3 aromatic rings. The lowest BCUT2D eigenvalue weighted by Gasteiger charge is -2.11. The van der Waals surface area contributed by atoms with E-state index in [2.05, 4.69) is 14.7 Å². The topological polar surface area (TPSA) is 72.0 Å². The summed E-state index contributed by atoms with van der Waals surface area (Å²) >= 11 is 0. The first-order chi connectivity index (χ1) is 11.3. The van der Waals surface area contributed by atoms with Crippen molar-refractivity contribution in [2.24, 2.45) is 0 Å². The largest absolute Gasteiger partial charge is 0.280 e. The van der Waals surface area contributed by atoms with Gasteiger partial charge in [0.15, 0.2) is 0 Å². The van der Waals surface area contributed by atoms with Crippen LogP contribution < -0.4 is 4.72 Å². The molecule has 0 amide bonds. The van der Waals surface area contributed by atoms with Crippen molar-refractivity contribution < 1.29 is 12.8 Å². The number of aromatic nitrogens is 2. The van der Waals surface area contributed by atoms with Crippen molar-refractivity contribution in [2.75, 3.05) is 4.72 Å². The molecule has 0 unspecified atom stereocenters. The fraction of sp³-hybridized carbons (Fsp3) is 0.176. The molecule has 7 heteroatoms. The zero-order chi connectivity index (χ0) is 17.5. The second-order valence-electron chi connectivity index (χ2n) is 5.61. The van der Waals surface area contributed by atoms with Gasteiger partial charge in [0.2, 0.25) is 0 Å². The summed E-state index contributed by atoms with van der Waals surface area (Å²) in [5.41, 5.74) is 3.64. The van der Waals surface area contributed by atoms with Crippen molar-refractivity contribution in [3.8, 4) is 0 Å². The van der Waals surface area contributed by atoms with Crippen molar-refractivity contribution in [1.29, 1.82) is 0 Å². The van der Waals surface area contributed by atoms with E-state index in [1.54, 1.807) is 25.1 Å². The summed E-state index contributed by atoms with van der Waals surface area (Å²) in [6.45, 7) is 5.27. The van der Waals surface area contributed by atoms with E-state index in [1.807, 2.05) is 13.8 Å². The lowest BCUT2D eigenvalue weighted by Crippen LogP contribution is -2.14. The molecule has 0 radical (unpaired) electrons. The highest BCUT2D eigenvalue weighted by Gasteiger charge is 2.17. The molecular formula is C17H16FN3O2S. The van der Waals surface area contributed by atoms with E-state index < -0.39 is 15.8 Å². The van der Waals surface area contributed by atoms with Crippen molar-refractivity contribution in [3.05, 3.63) is 59.2 Å². The number of sulfonamides is 1. The smallest absolute Gasteiger partial charge is 0.262 e. The van der Waals surface area contributed by atoms with Crippen LogP contribution in [0.2, 0.25) is 0 Å². The first kappa shape index (κ1) is 16.3. The number of hydrogen-bond donors (Lipinski definition) is 1. The first-order valence-electron chi connectivity index (χ1n) is 7.30. The van der Waals surface area contributed by atoms with Gasteiger partial charge in [-0.2, -0.15) is 0 Å². The normalized spacial score (nSPS) is 11.7. The lowest BCUT2D eigenvalue weighted by atomic mass is 10.2. The molecule has 1 N–H and O–H groups in total. The number of nitrogens with zero attached hydrogens (tertiary/aromatic N) is 2. The zero-order valence-corrected chi connectivity index (χ0v) is 14.3. The van der Waals surface area contributed by atoms with Crippen LogP contribution in [0.4, 0.5) is 10.1 Å². The molecule has 0 spiro atoms. The third-order valence-corrected chi connectivity index (χ3v) is 5.30. The van der Waals surface area contributed by atoms with Crippen LogP contribution in [0.15, 0.2) is 41.3 Å².